The molecule has 0 atom stereocenters. The Labute approximate surface area is 113 Å². The van der Waals surface area contributed by atoms with Crippen LogP contribution < -0.4 is 10.8 Å². The van der Waals surface area contributed by atoms with Crippen molar-refractivity contribution in [2.75, 3.05) is 5.32 Å². The second kappa shape index (κ2) is 4.92. The highest BCUT2D eigenvalue weighted by atomic mass is 16.6. The number of aromatic nitrogens is 1. The van der Waals surface area contributed by atoms with Crippen LogP contribution in [0.3, 0.4) is 0 Å². The third kappa shape index (κ3) is 3.71. The van der Waals surface area contributed by atoms with E-state index in [4.69, 9.17) is 12.6 Å². The smallest absolute Gasteiger partial charge is 0.412 e. The number of nitrogens with zero attached hydrogens (tertiary/aromatic N) is 1. The number of benzene rings is 1. The average Bonchev–Trinajstić information content (AvgIpc) is 2.25. The lowest BCUT2D eigenvalue weighted by Crippen LogP contribution is -2.27. The minimum Gasteiger partial charge on any atom is -0.444 e. The molecule has 1 amide bonds. The highest BCUT2D eigenvalue weighted by Gasteiger charge is 2.16. The summed E-state index contributed by atoms with van der Waals surface area (Å²) in [5.74, 6) is 0. The third-order valence-corrected chi connectivity index (χ3v) is 2.35. The Hall–Kier alpha value is -2.04. The van der Waals surface area contributed by atoms with E-state index in [-0.39, 0.29) is 0 Å². The Balaban J connectivity index is 2.19. The van der Waals surface area contributed by atoms with Crippen molar-refractivity contribution in [2.24, 2.45) is 0 Å². The molecule has 1 aromatic heterocycles. The number of amides is 1. The van der Waals surface area contributed by atoms with Crippen molar-refractivity contribution >= 4 is 36.0 Å². The largest absolute Gasteiger partial charge is 0.444 e. The molecular formula is C14H15BN2O2. The number of carbonyl (C=O) groups is 1. The number of anilines is 1. The molecule has 0 aliphatic rings. The van der Waals surface area contributed by atoms with Crippen LogP contribution in [-0.2, 0) is 4.74 Å². The van der Waals surface area contributed by atoms with Crippen LogP contribution in [0.5, 0.6) is 0 Å². The van der Waals surface area contributed by atoms with Gasteiger partial charge in [-0.1, -0.05) is 17.6 Å². The molecule has 0 unspecified atom stereocenters. The summed E-state index contributed by atoms with van der Waals surface area (Å²) in [6, 6.07) is 7.24. The fourth-order valence-electron chi connectivity index (χ4n) is 1.64. The summed E-state index contributed by atoms with van der Waals surface area (Å²) >= 11 is 0. The average molecular weight is 254 g/mol. The van der Waals surface area contributed by atoms with Crippen molar-refractivity contribution in [3.8, 4) is 0 Å². The summed E-state index contributed by atoms with van der Waals surface area (Å²) in [6.07, 6.45) is 1.08. The van der Waals surface area contributed by atoms with Gasteiger partial charge in [-0.05, 0) is 32.9 Å². The predicted octanol–water partition coefficient (Wildman–Crippen LogP) is 2.38. The number of carbonyl (C=O) groups excluding carboxylic acids is 1. The van der Waals surface area contributed by atoms with Crippen LogP contribution in [0.1, 0.15) is 20.8 Å². The second-order valence-corrected chi connectivity index (χ2v) is 5.30. The maximum absolute atomic E-state index is 11.6. The minimum atomic E-state index is -0.529. The van der Waals surface area contributed by atoms with E-state index < -0.39 is 11.7 Å². The molecule has 0 spiro atoms. The lowest BCUT2D eigenvalue weighted by atomic mass is 9.95. The van der Waals surface area contributed by atoms with Gasteiger partial charge >= 0.3 is 6.09 Å². The summed E-state index contributed by atoms with van der Waals surface area (Å²) in [5.41, 5.74) is 1.53. The lowest BCUT2D eigenvalue weighted by Gasteiger charge is -2.19. The molecule has 0 aliphatic carbocycles. The number of nitrogens with one attached hydrogen (secondary N) is 1. The van der Waals surface area contributed by atoms with E-state index in [0.29, 0.717) is 11.2 Å². The highest BCUT2D eigenvalue weighted by Crippen LogP contribution is 2.16. The predicted molar refractivity (Wildman–Crippen MR) is 77.0 cm³/mol. The van der Waals surface area contributed by atoms with Crippen molar-refractivity contribution in [1.29, 1.82) is 0 Å². The molecule has 0 bridgehead atoms. The first-order valence-electron chi connectivity index (χ1n) is 5.99. The van der Waals surface area contributed by atoms with Crippen LogP contribution in [0, 0.1) is 0 Å². The molecule has 1 N–H and O–H groups in total. The molecule has 2 aromatic rings. The molecule has 0 fully saturated rings. The van der Waals surface area contributed by atoms with E-state index in [1.54, 1.807) is 12.3 Å². The van der Waals surface area contributed by atoms with Crippen LogP contribution >= 0.6 is 0 Å². The van der Waals surface area contributed by atoms with Crippen LogP contribution in [0.2, 0.25) is 0 Å². The summed E-state index contributed by atoms with van der Waals surface area (Å²) in [5, 5.41) is 3.51. The van der Waals surface area contributed by atoms with Gasteiger partial charge in [0.2, 0.25) is 0 Å². The van der Waals surface area contributed by atoms with Gasteiger partial charge in [-0.2, -0.15) is 0 Å². The molecule has 0 saturated heterocycles. The van der Waals surface area contributed by atoms with Gasteiger partial charge in [0.05, 0.1) is 17.4 Å². The molecule has 0 saturated carbocycles. The monoisotopic (exact) mass is 254 g/mol. The molecule has 1 aromatic carbocycles. The summed E-state index contributed by atoms with van der Waals surface area (Å²) in [7, 11) is 5.72. The number of rotatable bonds is 1. The van der Waals surface area contributed by atoms with E-state index in [1.807, 2.05) is 39.0 Å². The fraction of sp³-hybridized carbons (Fsp3) is 0.286. The van der Waals surface area contributed by atoms with Gasteiger partial charge in [-0.15, -0.1) is 0 Å². The second-order valence-electron chi connectivity index (χ2n) is 5.30. The van der Waals surface area contributed by atoms with E-state index in [9.17, 15) is 4.79 Å². The lowest BCUT2D eigenvalue weighted by molar-refractivity contribution is 0.0636. The molecular weight excluding hydrogens is 239 g/mol. The molecule has 2 rings (SSSR count). The van der Waals surface area contributed by atoms with Crippen molar-refractivity contribution in [3.05, 3.63) is 30.5 Å². The number of hydrogen-bond donors (Lipinski definition) is 1. The van der Waals surface area contributed by atoms with Gasteiger partial charge in [0.1, 0.15) is 13.4 Å². The summed E-state index contributed by atoms with van der Waals surface area (Å²) in [4.78, 5) is 15.9. The first-order chi connectivity index (χ1) is 8.83. The zero-order valence-electron chi connectivity index (χ0n) is 11.2. The van der Waals surface area contributed by atoms with E-state index in [1.165, 1.54) is 0 Å². The highest BCUT2D eigenvalue weighted by molar-refractivity contribution is 6.33. The Bertz CT molecular complexity index is 620. The van der Waals surface area contributed by atoms with Gasteiger partial charge in [0.25, 0.3) is 0 Å². The first kappa shape index (κ1) is 13.4. The van der Waals surface area contributed by atoms with Crippen LogP contribution in [0.25, 0.3) is 10.9 Å². The standard InChI is InChI=1S/C14H15BN2O2/c1-14(2,3)19-13(18)17-11-7-9-6-10(15)4-5-12(9)16-8-11/h4-8H,1-3H3,(H,17,18). The summed E-state index contributed by atoms with van der Waals surface area (Å²) in [6.45, 7) is 5.43. The van der Waals surface area contributed by atoms with Gasteiger partial charge in [-0.3, -0.25) is 10.3 Å². The first-order valence-corrected chi connectivity index (χ1v) is 5.99. The van der Waals surface area contributed by atoms with Crippen molar-refractivity contribution in [2.45, 2.75) is 26.4 Å². The van der Waals surface area contributed by atoms with Gasteiger partial charge in [0.15, 0.2) is 0 Å². The van der Waals surface area contributed by atoms with Crippen molar-refractivity contribution < 1.29 is 9.53 Å². The molecule has 2 radical (unpaired) electrons. The molecule has 1 heterocycles. The van der Waals surface area contributed by atoms with Crippen LogP contribution in [0.15, 0.2) is 30.5 Å². The van der Waals surface area contributed by atoms with Crippen LogP contribution in [-0.4, -0.2) is 24.5 Å². The number of hydrogen-bond acceptors (Lipinski definition) is 3. The van der Waals surface area contributed by atoms with Crippen molar-refractivity contribution in [1.82, 2.24) is 4.98 Å². The van der Waals surface area contributed by atoms with Crippen molar-refractivity contribution in [3.63, 3.8) is 0 Å². The Morgan fingerprint density at radius 1 is 1.32 bits per heavy atom. The molecule has 5 heteroatoms. The Morgan fingerprint density at radius 3 is 2.74 bits per heavy atom. The van der Waals surface area contributed by atoms with E-state index in [0.717, 1.165) is 10.9 Å². The Kier molecular flexibility index (Phi) is 3.47. The van der Waals surface area contributed by atoms with E-state index >= 15 is 0 Å². The van der Waals surface area contributed by atoms with Gasteiger partial charge in [0, 0.05) is 5.39 Å². The number of pyridine rings is 1. The zero-order valence-corrected chi connectivity index (χ0v) is 11.2. The topological polar surface area (TPSA) is 51.2 Å². The van der Waals surface area contributed by atoms with Gasteiger partial charge in [-0.25, -0.2) is 4.79 Å². The SMILES string of the molecule is [B]c1ccc2ncc(NC(=O)OC(C)(C)C)cc2c1. The fourth-order valence-corrected chi connectivity index (χ4v) is 1.64. The third-order valence-electron chi connectivity index (χ3n) is 2.35. The molecule has 0 aliphatic heterocycles. The maximum atomic E-state index is 11.6. The van der Waals surface area contributed by atoms with Gasteiger partial charge < -0.3 is 4.74 Å². The Morgan fingerprint density at radius 2 is 2.05 bits per heavy atom. The van der Waals surface area contributed by atoms with E-state index in [2.05, 4.69) is 10.3 Å². The maximum Gasteiger partial charge on any atom is 0.412 e. The minimum absolute atomic E-state index is 0.502. The molecule has 96 valence electrons. The normalized spacial score (nSPS) is 11.3. The van der Waals surface area contributed by atoms with Crippen LogP contribution in [0.4, 0.5) is 10.5 Å². The molecule has 19 heavy (non-hydrogen) atoms. The number of fused-ring (bicyclic) bond motifs is 1. The molecule has 4 nitrogen and oxygen atoms in total. The quantitative estimate of drug-likeness (QED) is 0.795. The zero-order chi connectivity index (χ0) is 14.0. The summed E-state index contributed by atoms with van der Waals surface area (Å²) < 4.78 is 5.17. The number of ether oxygens (including phenoxy) is 1.